The highest BCUT2D eigenvalue weighted by Crippen LogP contribution is 2.22. The molecule has 1 fully saturated rings. The monoisotopic (exact) mass is 483 g/mol. The number of likely N-dealkylation sites (tertiary alicyclic amines) is 1. The summed E-state index contributed by atoms with van der Waals surface area (Å²) in [7, 11) is 1.59. The topological polar surface area (TPSA) is 101 Å². The van der Waals surface area contributed by atoms with E-state index in [2.05, 4.69) is 5.32 Å². The maximum absolute atomic E-state index is 13.6. The second-order valence-corrected chi connectivity index (χ2v) is 10.00. The zero-order valence-corrected chi connectivity index (χ0v) is 21.2. The van der Waals surface area contributed by atoms with Crippen LogP contribution in [-0.4, -0.2) is 59.2 Å². The summed E-state index contributed by atoms with van der Waals surface area (Å²) in [4.78, 5) is 41.8. The van der Waals surface area contributed by atoms with E-state index in [4.69, 9.17) is 4.74 Å². The zero-order chi connectivity index (χ0) is 25.6. The molecule has 2 N–H and O–H groups in total. The van der Waals surface area contributed by atoms with Gasteiger partial charge in [0.15, 0.2) is 0 Å². The Kier molecular flexibility index (Phi) is 8.72. The summed E-state index contributed by atoms with van der Waals surface area (Å²) in [5, 5.41) is 12.3. The van der Waals surface area contributed by atoms with Gasteiger partial charge in [0.1, 0.15) is 16.9 Å². The van der Waals surface area contributed by atoms with E-state index in [9.17, 15) is 19.5 Å². The molecule has 1 aliphatic rings. The number of pyridine rings is 1. The van der Waals surface area contributed by atoms with Crippen molar-refractivity contribution in [3.63, 3.8) is 0 Å². The third-order valence-corrected chi connectivity index (χ3v) is 6.57. The van der Waals surface area contributed by atoms with Crippen LogP contribution in [0.15, 0.2) is 41.5 Å². The van der Waals surface area contributed by atoms with Crippen LogP contribution in [0.25, 0.3) is 0 Å². The first-order chi connectivity index (χ1) is 16.7. The van der Waals surface area contributed by atoms with Gasteiger partial charge in [0.2, 0.25) is 5.43 Å². The number of benzene rings is 1. The fourth-order valence-corrected chi connectivity index (χ4v) is 4.34. The molecule has 0 aliphatic carbocycles. The summed E-state index contributed by atoms with van der Waals surface area (Å²) < 4.78 is 7.02. The number of carbonyl (C=O) groups is 2. The quantitative estimate of drug-likeness (QED) is 0.571. The van der Waals surface area contributed by atoms with Crippen LogP contribution in [0.1, 0.15) is 72.7 Å². The smallest absolute Gasteiger partial charge is 0.259 e. The molecule has 0 unspecified atom stereocenters. The van der Waals surface area contributed by atoms with Gasteiger partial charge in [-0.15, -0.1) is 0 Å². The van der Waals surface area contributed by atoms with Crippen LogP contribution in [0, 0.1) is 5.41 Å². The Morgan fingerprint density at radius 1 is 1.20 bits per heavy atom. The van der Waals surface area contributed by atoms with Crippen molar-refractivity contribution in [2.24, 2.45) is 5.41 Å². The highest BCUT2D eigenvalue weighted by molar-refractivity contribution is 5.99. The number of hydrogen-bond acceptors (Lipinski definition) is 5. The van der Waals surface area contributed by atoms with Crippen LogP contribution in [-0.2, 0) is 6.54 Å². The number of aliphatic hydroxyl groups excluding tert-OH is 1. The number of ether oxygens (including phenoxy) is 1. The Balaban J connectivity index is 2.01. The van der Waals surface area contributed by atoms with Gasteiger partial charge in [0, 0.05) is 50.1 Å². The molecule has 8 nitrogen and oxygen atoms in total. The van der Waals surface area contributed by atoms with E-state index in [1.54, 1.807) is 22.8 Å². The highest BCUT2D eigenvalue weighted by Gasteiger charge is 2.29. The summed E-state index contributed by atoms with van der Waals surface area (Å²) in [6, 6.07) is 7.59. The predicted molar refractivity (Wildman–Crippen MR) is 135 cm³/mol. The number of hydrogen-bond donors (Lipinski definition) is 2. The molecule has 0 spiro atoms. The van der Waals surface area contributed by atoms with Gasteiger partial charge in [-0.3, -0.25) is 14.4 Å². The molecule has 190 valence electrons. The fraction of sp³-hybridized carbons (Fsp3) is 0.519. The molecule has 1 atom stereocenters. The Bertz CT molecular complexity index is 1110. The molecule has 35 heavy (non-hydrogen) atoms. The van der Waals surface area contributed by atoms with E-state index in [1.807, 2.05) is 45.0 Å². The standard InChI is InChI=1S/C27H37N3O5/c1-5-20-10-6-7-12-30(20)26(34)23-16-29(14-19-9-8-11-21(13-19)35-4)15-22(24(23)32)25(33)28-17-27(2,3)18-31/h8-9,11,13,15-16,20,31H,5-7,10,12,14,17-18H2,1-4H3,(H,28,33)/t20-/m0/s1. The van der Waals surface area contributed by atoms with Crippen LogP contribution in [0.5, 0.6) is 5.75 Å². The van der Waals surface area contributed by atoms with Crippen LogP contribution in [0.3, 0.4) is 0 Å². The number of nitrogens with zero attached hydrogens (tertiary/aromatic N) is 2. The molecule has 1 saturated heterocycles. The summed E-state index contributed by atoms with van der Waals surface area (Å²) in [6.07, 6.45) is 6.74. The molecule has 1 aliphatic heterocycles. The van der Waals surface area contributed by atoms with Crippen molar-refractivity contribution in [3.05, 3.63) is 63.6 Å². The van der Waals surface area contributed by atoms with E-state index in [0.717, 1.165) is 31.2 Å². The molecule has 2 heterocycles. The zero-order valence-electron chi connectivity index (χ0n) is 21.2. The second-order valence-electron chi connectivity index (χ2n) is 10.00. The van der Waals surface area contributed by atoms with E-state index < -0.39 is 16.8 Å². The molecule has 8 heteroatoms. The van der Waals surface area contributed by atoms with Gasteiger partial charge in [-0.1, -0.05) is 32.9 Å². The lowest BCUT2D eigenvalue weighted by molar-refractivity contribution is 0.0605. The van der Waals surface area contributed by atoms with E-state index in [1.165, 1.54) is 6.20 Å². The van der Waals surface area contributed by atoms with Gasteiger partial charge >= 0.3 is 0 Å². The molecule has 0 saturated carbocycles. The van der Waals surface area contributed by atoms with Crippen molar-refractivity contribution >= 4 is 11.8 Å². The number of piperidine rings is 1. The number of aliphatic hydroxyl groups is 1. The third-order valence-electron chi connectivity index (χ3n) is 6.57. The third kappa shape index (κ3) is 6.51. The van der Waals surface area contributed by atoms with Crippen molar-refractivity contribution in [1.82, 2.24) is 14.8 Å². The minimum absolute atomic E-state index is 0.00214. The van der Waals surface area contributed by atoms with Gasteiger partial charge in [0.05, 0.1) is 7.11 Å². The molecule has 1 aromatic heterocycles. The first-order valence-corrected chi connectivity index (χ1v) is 12.3. The fourth-order valence-electron chi connectivity index (χ4n) is 4.34. The number of carbonyl (C=O) groups excluding carboxylic acids is 2. The van der Waals surface area contributed by atoms with Gasteiger partial charge in [-0.2, -0.15) is 0 Å². The largest absolute Gasteiger partial charge is 0.497 e. The lowest BCUT2D eigenvalue weighted by Gasteiger charge is -2.35. The van der Waals surface area contributed by atoms with Crippen LogP contribution in [0.4, 0.5) is 0 Å². The van der Waals surface area contributed by atoms with E-state index in [0.29, 0.717) is 18.8 Å². The molecule has 2 amide bonds. The predicted octanol–water partition coefficient (Wildman–Crippen LogP) is 3.06. The normalized spacial score (nSPS) is 16.1. The van der Waals surface area contributed by atoms with Gasteiger partial charge in [-0.25, -0.2) is 0 Å². The number of aromatic nitrogens is 1. The molecule has 3 rings (SSSR count). The van der Waals surface area contributed by atoms with Gasteiger partial charge in [-0.05, 0) is 43.4 Å². The van der Waals surface area contributed by atoms with E-state index >= 15 is 0 Å². The Morgan fingerprint density at radius 2 is 1.94 bits per heavy atom. The summed E-state index contributed by atoms with van der Waals surface area (Å²) in [5.41, 5.74) is -0.287. The minimum Gasteiger partial charge on any atom is -0.497 e. The first-order valence-electron chi connectivity index (χ1n) is 12.3. The Labute approximate surface area is 206 Å². The van der Waals surface area contributed by atoms with Crippen molar-refractivity contribution in [1.29, 1.82) is 0 Å². The van der Waals surface area contributed by atoms with Crippen molar-refractivity contribution < 1.29 is 19.4 Å². The van der Waals surface area contributed by atoms with Gasteiger partial charge in [0.25, 0.3) is 11.8 Å². The molecule has 2 aromatic rings. The molecule has 0 radical (unpaired) electrons. The second kappa shape index (κ2) is 11.5. The lowest BCUT2D eigenvalue weighted by Crippen LogP contribution is -2.46. The number of nitrogens with one attached hydrogen (secondary N) is 1. The summed E-state index contributed by atoms with van der Waals surface area (Å²) in [6.45, 7) is 6.72. The van der Waals surface area contributed by atoms with Crippen molar-refractivity contribution in [2.45, 2.75) is 59.0 Å². The first kappa shape index (κ1) is 26.5. The van der Waals surface area contributed by atoms with Crippen LogP contribution >= 0.6 is 0 Å². The maximum Gasteiger partial charge on any atom is 0.259 e. The molecule has 0 bridgehead atoms. The Morgan fingerprint density at radius 3 is 2.63 bits per heavy atom. The van der Waals surface area contributed by atoms with Crippen LogP contribution < -0.4 is 15.5 Å². The number of rotatable bonds is 9. The molecular formula is C27H37N3O5. The maximum atomic E-state index is 13.6. The van der Waals surface area contributed by atoms with Crippen molar-refractivity contribution in [2.75, 3.05) is 26.8 Å². The minimum atomic E-state index is -0.573. The van der Waals surface area contributed by atoms with E-state index in [-0.39, 0.29) is 36.2 Å². The molecular weight excluding hydrogens is 446 g/mol. The van der Waals surface area contributed by atoms with Crippen molar-refractivity contribution in [3.8, 4) is 5.75 Å². The number of amides is 2. The van der Waals surface area contributed by atoms with Gasteiger partial charge < -0.3 is 24.6 Å². The number of methoxy groups -OCH3 is 1. The van der Waals surface area contributed by atoms with Crippen LogP contribution in [0.2, 0.25) is 0 Å². The lowest BCUT2D eigenvalue weighted by atomic mass is 9.95. The average Bonchev–Trinajstić information content (AvgIpc) is 2.87. The summed E-state index contributed by atoms with van der Waals surface area (Å²) in [5.74, 6) is -0.189. The average molecular weight is 484 g/mol. The summed E-state index contributed by atoms with van der Waals surface area (Å²) >= 11 is 0. The molecule has 1 aromatic carbocycles. The highest BCUT2D eigenvalue weighted by atomic mass is 16.5. The Hall–Kier alpha value is -3.13. The SMILES string of the molecule is CC[C@H]1CCCCN1C(=O)c1cn(Cc2cccc(OC)c2)cc(C(=O)NCC(C)(C)CO)c1=O.